The van der Waals surface area contributed by atoms with Crippen LogP contribution in [0.4, 0.5) is 11.5 Å². The maximum atomic E-state index is 13.7. The molecule has 1 heterocycles. The molecule has 3 fully saturated rings. The number of hydrogen-bond donors (Lipinski definition) is 3. The van der Waals surface area contributed by atoms with Gasteiger partial charge in [-0.05, 0) is 97.5 Å². The van der Waals surface area contributed by atoms with Gasteiger partial charge in [0.15, 0.2) is 0 Å². The minimum atomic E-state index is -3.87. The van der Waals surface area contributed by atoms with Gasteiger partial charge in [-0.3, -0.25) is 19.1 Å². The van der Waals surface area contributed by atoms with Crippen molar-refractivity contribution < 1.29 is 32.6 Å². The molecule has 3 aliphatic carbocycles. The lowest BCUT2D eigenvalue weighted by atomic mass is 9.44. The number of pyridine rings is 1. The number of nitrogens with zero attached hydrogens (tertiary/aromatic N) is 1. The van der Waals surface area contributed by atoms with E-state index < -0.39 is 44.9 Å². The van der Waals surface area contributed by atoms with Crippen molar-refractivity contribution in [1.82, 2.24) is 4.98 Å². The highest BCUT2D eigenvalue weighted by molar-refractivity contribution is 8.00. The molecule has 12 heteroatoms. The minimum Gasteiger partial charge on any atom is -0.461 e. The number of Topliss-reactive ketones (excluding diaryl/α,β-unsaturated/α-hetero) is 1. The molecule has 0 saturated heterocycles. The zero-order valence-electron chi connectivity index (χ0n) is 30.0. The first-order valence-electron chi connectivity index (χ1n) is 17.7. The largest absolute Gasteiger partial charge is 0.461 e. The van der Waals surface area contributed by atoms with Gasteiger partial charge in [0.05, 0.1) is 16.8 Å². The Morgan fingerprint density at radius 1 is 1.08 bits per heavy atom. The third-order valence-electron chi connectivity index (χ3n) is 12.4. The topological polar surface area (TPSA) is 152 Å². The number of aliphatic hydroxyl groups excluding tert-OH is 1. The van der Waals surface area contributed by atoms with Crippen molar-refractivity contribution in [2.45, 2.75) is 81.8 Å². The average Bonchev–Trinajstić information content (AvgIpc) is 3.49. The van der Waals surface area contributed by atoms with Crippen molar-refractivity contribution >= 4 is 51.0 Å². The highest BCUT2D eigenvalue weighted by Crippen LogP contribution is 2.68. The molecule has 3 saturated carbocycles. The maximum Gasteiger partial charge on any atom is 0.316 e. The maximum absolute atomic E-state index is 13.7. The van der Waals surface area contributed by atoms with Crippen LogP contribution in [0, 0.1) is 34.0 Å². The first-order chi connectivity index (χ1) is 24.6. The molecule has 0 radical (unpaired) electrons. The molecular weight excluding hydrogens is 699 g/mol. The molecule has 276 valence electrons. The van der Waals surface area contributed by atoms with Crippen molar-refractivity contribution in [3.8, 4) is 0 Å². The fourth-order valence-corrected chi connectivity index (χ4v) is 10.8. The second-order valence-corrected chi connectivity index (χ2v) is 17.9. The van der Waals surface area contributed by atoms with Crippen LogP contribution in [0.1, 0.15) is 70.2 Å². The second kappa shape index (κ2) is 14.4. The van der Waals surface area contributed by atoms with Crippen LogP contribution in [-0.4, -0.2) is 54.1 Å². The van der Waals surface area contributed by atoms with Gasteiger partial charge in [-0.25, -0.2) is 13.4 Å². The van der Waals surface area contributed by atoms with Gasteiger partial charge < -0.3 is 15.2 Å². The van der Waals surface area contributed by atoms with Crippen LogP contribution in [0.25, 0.3) is 0 Å². The van der Waals surface area contributed by atoms with E-state index in [2.05, 4.69) is 42.4 Å². The van der Waals surface area contributed by atoms with E-state index >= 15 is 0 Å². The quantitative estimate of drug-likeness (QED) is 0.112. The van der Waals surface area contributed by atoms with E-state index in [9.17, 15) is 27.9 Å². The van der Waals surface area contributed by atoms with E-state index in [1.54, 1.807) is 48.5 Å². The monoisotopic (exact) mass is 745 g/mol. The van der Waals surface area contributed by atoms with Crippen molar-refractivity contribution in [3.05, 3.63) is 91.1 Å². The van der Waals surface area contributed by atoms with Crippen molar-refractivity contribution in [3.63, 3.8) is 0 Å². The van der Waals surface area contributed by atoms with Gasteiger partial charge in [0, 0.05) is 45.5 Å². The Balaban J connectivity index is 1.13. The van der Waals surface area contributed by atoms with E-state index in [0.29, 0.717) is 29.0 Å². The molecule has 2 bridgehead atoms. The first-order valence-corrected chi connectivity index (χ1v) is 20.2. The predicted octanol–water partition coefficient (Wildman–Crippen LogP) is 7.13. The third-order valence-corrected chi connectivity index (χ3v) is 14.7. The number of ether oxygens (including phenoxy) is 1. The number of ketones is 1. The van der Waals surface area contributed by atoms with Gasteiger partial charge in [0.2, 0.25) is 0 Å². The van der Waals surface area contributed by atoms with Crippen LogP contribution >= 0.6 is 11.8 Å². The summed E-state index contributed by atoms with van der Waals surface area (Å²) in [6.07, 6.45) is 5.28. The fraction of sp³-hybridized carbons (Fsp3) is 0.450. The number of carbonyl (C=O) groups excluding carboxylic acids is 3. The molecule has 2 aromatic carbocycles. The zero-order valence-corrected chi connectivity index (χ0v) is 31.6. The van der Waals surface area contributed by atoms with Crippen LogP contribution < -0.4 is 10.0 Å². The normalized spacial score (nSPS) is 31.4. The summed E-state index contributed by atoms with van der Waals surface area (Å²) in [4.78, 5) is 45.1. The lowest BCUT2D eigenvalue weighted by molar-refractivity contribution is -0.205. The highest BCUT2D eigenvalue weighted by Gasteiger charge is 2.68. The molecule has 8 atom stereocenters. The Labute approximate surface area is 310 Å². The summed E-state index contributed by atoms with van der Waals surface area (Å²) in [5.41, 5.74) is -0.896. The summed E-state index contributed by atoms with van der Waals surface area (Å²) in [5.74, 6) is -0.710. The number of rotatable bonds is 10. The number of aliphatic hydroxyl groups is 1. The number of esters is 1. The molecule has 3 N–H and O–H groups in total. The Kier molecular flexibility index (Phi) is 10.5. The smallest absolute Gasteiger partial charge is 0.316 e. The van der Waals surface area contributed by atoms with E-state index in [0.717, 1.165) is 19.3 Å². The van der Waals surface area contributed by atoms with E-state index in [4.69, 9.17) is 4.74 Å². The number of thioether (sulfide) groups is 1. The summed E-state index contributed by atoms with van der Waals surface area (Å²) < 4.78 is 34.3. The Morgan fingerprint density at radius 2 is 1.83 bits per heavy atom. The van der Waals surface area contributed by atoms with Crippen molar-refractivity contribution in [2.24, 2.45) is 34.0 Å². The summed E-state index contributed by atoms with van der Waals surface area (Å²) in [6.45, 7) is 12.4. The van der Waals surface area contributed by atoms with Gasteiger partial charge in [-0.15, -0.1) is 18.3 Å². The zero-order chi connectivity index (χ0) is 37.5. The van der Waals surface area contributed by atoms with Crippen LogP contribution in [-0.2, 0) is 24.3 Å². The van der Waals surface area contributed by atoms with Gasteiger partial charge in [-0.2, -0.15) is 0 Å². The predicted molar refractivity (Wildman–Crippen MR) is 201 cm³/mol. The van der Waals surface area contributed by atoms with Crippen molar-refractivity contribution in [2.75, 3.05) is 15.8 Å². The summed E-state index contributed by atoms with van der Waals surface area (Å²) >= 11 is 1.25. The highest BCUT2D eigenvalue weighted by atomic mass is 32.2. The van der Waals surface area contributed by atoms with Gasteiger partial charge >= 0.3 is 5.97 Å². The number of benzene rings is 2. The lowest BCUT2D eigenvalue weighted by Gasteiger charge is -2.61. The number of sulfonamides is 1. The third kappa shape index (κ3) is 6.92. The summed E-state index contributed by atoms with van der Waals surface area (Å²) in [7, 11) is -3.87. The van der Waals surface area contributed by atoms with E-state index in [1.165, 1.54) is 42.2 Å². The first kappa shape index (κ1) is 37.7. The Morgan fingerprint density at radius 3 is 2.52 bits per heavy atom. The molecule has 0 aliphatic heterocycles. The van der Waals surface area contributed by atoms with Crippen LogP contribution in [0.2, 0.25) is 0 Å². The number of hydrogen-bond acceptors (Lipinski definition) is 9. The second-order valence-electron chi connectivity index (χ2n) is 15.2. The molecule has 3 aromatic rings. The number of carbonyl (C=O) groups is 3. The Bertz CT molecular complexity index is 1960. The number of aromatic nitrogens is 1. The molecule has 1 amide bonds. The SMILES string of the molecule is C=C[C@]1(C)C[C@@H](OC(=O)CSc2cccc(C(=O)Nc3ccc(S(=O)(=O)Nc4ccccn4)cc3)c2)[C@]2(C)[C@H](C)CC[C@]3(CCC(=O)[C@H]32)[C@@H](C)[C@@H]1O. The molecule has 0 spiro atoms. The van der Waals surface area contributed by atoms with Crippen LogP contribution in [0.5, 0.6) is 0 Å². The minimum absolute atomic E-state index is 0.0119. The van der Waals surface area contributed by atoms with E-state index in [-0.39, 0.29) is 45.4 Å². The van der Waals surface area contributed by atoms with Crippen LogP contribution in [0.15, 0.2) is 95.4 Å². The van der Waals surface area contributed by atoms with Gasteiger partial charge in [0.1, 0.15) is 17.7 Å². The lowest BCUT2D eigenvalue weighted by Crippen LogP contribution is -2.63. The summed E-state index contributed by atoms with van der Waals surface area (Å²) in [6, 6.07) is 17.6. The molecule has 52 heavy (non-hydrogen) atoms. The van der Waals surface area contributed by atoms with E-state index in [1.807, 2.05) is 6.92 Å². The fourth-order valence-electron chi connectivity index (χ4n) is 9.10. The van der Waals surface area contributed by atoms with Crippen molar-refractivity contribution in [1.29, 1.82) is 0 Å². The van der Waals surface area contributed by atoms with Gasteiger partial charge in [-0.1, -0.05) is 45.9 Å². The molecule has 0 unspecified atom stereocenters. The number of amides is 1. The standard InChI is InChI=1S/C40H47N3O7S2/c1-6-38(4)23-32(39(5)25(2)17-19-40(26(3)36(38)46)20-18-31(44)35(39)40)50-34(45)24-51-29-11-9-10-27(22-29)37(47)42-28-13-15-30(16-14-28)52(48,49)43-33-12-7-8-21-41-33/h6-16,21-22,25-26,32,35-36,46H,1,17-20,23-24H2,2-5H3,(H,41,43)(H,42,47)/t25-,26+,32-,35+,36+,38-,39+,40+/m1/s1. The Hall–Kier alpha value is -4.00. The average molecular weight is 746 g/mol. The molecule has 3 aliphatic rings. The number of nitrogens with one attached hydrogen (secondary N) is 2. The molecule has 1 aromatic heterocycles. The van der Waals surface area contributed by atoms with Crippen LogP contribution in [0.3, 0.4) is 0 Å². The summed E-state index contributed by atoms with van der Waals surface area (Å²) in [5, 5.41) is 14.6. The molecule has 6 rings (SSSR count). The number of anilines is 2. The molecule has 10 nitrogen and oxygen atoms in total. The van der Waals surface area contributed by atoms with Gasteiger partial charge in [0.25, 0.3) is 15.9 Å². The molecular formula is C40H47N3O7S2.